The van der Waals surface area contributed by atoms with E-state index in [4.69, 9.17) is 18.6 Å². The summed E-state index contributed by atoms with van der Waals surface area (Å²) in [7, 11) is -0.306. The van der Waals surface area contributed by atoms with Crippen molar-refractivity contribution in [2.45, 2.75) is 39.8 Å². The predicted octanol–water partition coefficient (Wildman–Crippen LogP) is 5.89. The van der Waals surface area contributed by atoms with E-state index >= 15 is 0 Å². The maximum Gasteiger partial charge on any atom is 0 e. The summed E-state index contributed by atoms with van der Waals surface area (Å²) in [6.07, 6.45) is 0. The van der Waals surface area contributed by atoms with Crippen LogP contribution in [0.25, 0.3) is 10.6 Å². The van der Waals surface area contributed by atoms with Gasteiger partial charge in [-0.2, -0.15) is 0 Å². The summed E-state index contributed by atoms with van der Waals surface area (Å²) in [4.78, 5) is 0. The monoisotopic (exact) mass is 477 g/mol. The van der Waals surface area contributed by atoms with E-state index < -0.39 is 0 Å². The van der Waals surface area contributed by atoms with Crippen LogP contribution in [-0.4, -0.2) is 16.8 Å². The van der Waals surface area contributed by atoms with Gasteiger partial charge in [0.15, 0.2) is 0 Å². The normalized spacial score (nSPS) is 11.1. The molecule has 0 atom stereocenters. The molecule has 162 valence electrons. The molecule has 1 aliphatic rings. The van der Waals surface area contributed by atoms with Gasteiger partial charge in [-0.05, 0) is 38.8 Å². The zero-order valence-electron chi connectivity index (χ0n) is 17.8. The van der Waals surface area contributed by atoms with Crippen LogP contribution in [0, 0.1) is 26.6 Å². The molecule has 0 saturated heterocycles. The van der Waals surface area contributed by atoms with Crippen LogP contribution in [0.5, 0.6) is 0 Å². The molecule has 31 heavy (non-hydrogen) atoms. The van der Waals surface area contributed by atoms with Crippen molar-refractivity contribution in [2.24, 2.45) is 0 Å². The Hall–Kier alpha value is -1.95. The molecule has 2 aromatic rings. The molecule has 1 heterocycles. The van der Waals surface area contributed by atoms with Gasteiger partial charge in [0, 0.05) is 47.9 Å². The van der Waals surface area contributed by atoms with Crippen LogP contribution in [0.2, 0.25) is 0 Å². The van der Waals surface area contributed by atoms with Gasteiger partial charge in [-0.25, -0.2) is 0 Å². The van der Waals surface area contributed by atoms with Crippen molar-refractivity contribution in [3.8, 4) is 0 Å². The fraction of sp³-hybridized carbons (Fsp3) is 0.250. The third-order valence-electron chi connectivity index (χ3n) is 3.98. The molecule has 0 aromatic heterocycles. The molecule has 0 bridgehead atoms. The van der Waals surface area contributed by atoms with Crippen molar-refractivity contribution in [3.05, 3.63) is 98.4 Å². The molecule has 7 heteroatoms. The minimum atomic E-state index is -0.306. The summed E-state index contributed by atoms with van der Waals surface area (Å²) < 4.78 is 32.7. The topological polar surface area (TPSA) is 82.8 Å². The molecular weight excluding hydrogens is 453 g/mol. The molecule has 5 nitrogen and oxygen atoms in total. The Morgan fingerprint density at radius 1 is 0.581 bits per heavy atom. The molecular formula is C24H24FeNO4P. The van der Waals surface area contributed by atoms with Crippen LogP contribution >= 0.6 is 8.07 Å². The summed E-state index contributed by atoms with van der Waals surface area (Å²) in [5.41, 5.74) is 2.78. The third-order valence-corrected chi connectivity index (χ3v) is 6.95. The molecule has 0 spiro atoms. The first kappa shape index (κ1) is 33.7. The summed E-state index contributed by atoms with van der Waals surface area (Å²) in [5, 5.41) is 3.12. The van der Waals surface area contributed by atoms with Gasteiger partial charge in [0.25, 0.3) is 0 Å². The molecule has 0 amide bonds. The standard InChI is InChI=1S/C20H24NP.4CO.Fe/c1-15(2)21(16(3)4)22-19(17-11-7-5-8-12-17)20(22)18-13-9-6-10-14-18;4*1-2;/h5-16H,1-4H3;;;;;. The fourth-order valence-electron chi connectivity index (χ4n) is 3.16. The van der Waals surface area contributed by atoms with Gasteiger partial charge in [0.1, 0.15) is 0 Å². The Morgan fingerprint density at radius 2 is 0.839 bits per heavy atom. The second-order valence-electron chi connectivity index (χ2n) is 6.31. The SMILES string of the molecule is CC(C)N(C(C)C)P1C(c2ccccc2)=C1c1ccccc1.[C-]#[O+].[C-]#[O+].[C-]#[O+].[C-]#[O+].[Fe]. The minimum absolute atomic E-state index is 0. The van der Waals surface area contributed by atoms with E-state index in [1.165, 1.54) is 11.1 Å². The van der Waals surface area contributed by atoms with Crippen LogP contribution in [0.4, 0.5) is 0 Å². The largest absolute Gasteiger partial charge is 0 e. The molecule has 2 aromatic carbocycles. The van der Waals surface area contributed by atoms with E-state index in [-0.39, 0.29) is 25.1 Å². The maximum atomic E-state index is 7.50. The fourth-order valence-corrected chi connectivity index (χ4v) is 6.03. The van der Waals surface area contributed by atoms with Gasteiger partial charge in [0.05, 0.1) is 0 Å². The molecule has 0 fully saturated rings. The summed E-state index contributed by atoms with van der Waals surface area (Å²) in [6, 6.07) is 22.9. The number of nitrogens with zero attached hydrogens (tertiary/aromatic N) is 1. The van der Waals surface area contributed by atoms with Crippen LogP contribution in [0.3, 0.4) is 0 Å². The van der Waals surface area contributed by atoms with Crippen molar-refractivity contribution >= 4 is 18.7 Å². The van der Waals surface area contributed by atoms with Crippen molar-refractivity contribution < 1.29 is 35.7 Å². The Morgan fingerprint density at radius 3 is 1.06 bits per heavy atom. The molecule has 0 radical (unpaired) electrons. The first-order chi connectivity index (χ1) is 14.6. The quantitative estimate of drug-likeness (QED) is 0.229. The predicted molar refractivity (Wildman–Crippen MR) is 114 cm³/mol. The minimum Gasteiger partial charge on any atom is 0 e. The van der Waals surface area contributed by atoms with Crippen LogP contribution in [0.1, 0.15) is 38.8 Å². The Balaban J connectivity index is -0.000000785. The summed E-state index contributed by atoms with van der Waals surface area (Å²) in [6.45, 7) is 27.2. The van der Waals surface area contributed by atoms with Gasteiger partial charge < -0.3 is 0 Å². The second kappa shape index (κ2) is 20.0. The Kier molecular flexibility index (Phi) is 21.7. The van der Waals surface area contributed by atoms with E-state index in [9.17, 15) is 0 Å². The smallest absolute Gasteiger partial charge is 0 e. The second-order valence-corrected chi connectivity index (χ2v) is 8.29. The molecule has 3 rings (SSSR count). The van der Waals surface area contributed by atoms with Gasteiger partial charge in [-0.1, -0.05) is 60.7 Å². The first-order valence-corrected chi connectivity index (χ1v) is 10.2. The third kappa shape index (κ3) is 9.81. The summed E-state index contributed by atoms with van der Waals surface area (Å²) in [5.74, 6) is 0. The number of rotatable bonds is 5. The maximum absolute atomic E-state index is 7.50. The van der Waals surface area contributed by atoms with E-state index in [2.05, 4.69) is 120 Å². The first-order valence-electron chi connectivity index (χ1n) is 8.86. The van der Waals surface area contributed by atoms with Gasteiger partial charge >= 0.3 is 45.2 Å². The Bertz CT molecular complexity index is 762. The van der Waals surface area contributed by atoms with Crippen molar-refractivity contribution in [1.82, 2.24) is 4.67 Å². The van der Waals surface area contributed by atoms with Crippen molar-refractivity contribution in [1.29, 1.82) is 0 Å². The van der Waals surface area contributed by atoms with E-state index in [0.29, 0.717) is 12.1 Å². The van der Waals surface area contributed by atoms with Crippen LogP contribution < -0.4 is 0 Å². The van der Waals surface area contributed by atoms with E-state index in [0.717, 1.165) is 0 Å². The van der Waals surface area contributed by atoms with Gasteiger partial charge in [0.2, 0.25) is 0 Å². The van der Waals surface area contributed by atoms with Crippen LogP contribution in [0.15, 0.2) is 60.7 Å². The molecule has 0 unspecified atom stereocenters. The number of benzene rings is 2. The number of hydrogen-bond donors (Lipinski definition) is 0. The van der Waals surface area contributed by atoms with Crippen molar-refractivity contribution in [2.75, 3.05) is 0 Å². The zero-order valence-corrected chi connectivity index (χ0v) is 19.8. The van der Waals surface area contributed by atoms with Gasteiger partial charge in [-0.15, -0.1) is 0 Å². The van der Waals surface area contributed by atoms with E-state index in [1.807, 2.05) is 0 Å². The average molecular weight is 477 g/mol. The van der Waals surface area contributed by atoms with E-state index in [1.54, 1.807) is 10.6 Å². The molecule has 1 aliphatic heterocycles. The zero-order chi connectivity index (χ0) is 23.7. The van der Waals surface area contributed by atoms with Crippen LogP contribution in [-0.2, 0) is 35.7 Å². The molecule has 0 aliphatic carbocycles. The molecule has 0 saturated carbocycles. The van der Waals surface area contributed by atoms with Crippen molar-refractivity contribution in [3.63, 3.8) is 0 Å². The summed E-state index contributed by atoms with van der Waals surface area (Å²) >= 11 is 0. The van der Waals surface area contributed by atoms with Gasteiger partial charge in [-0.3, -0.25) is 4.67 Å². The molecule has 0 N–H and O–H groups in total. The number of hydrogen-bond acceptors (Lipinski definition) is 1. The Labute approximate surface area is 197 Å². The average Bonchev–Trinajstić information content (AvgIpc) is 3.54.